The number of ether oxygens (including phenoxy) is 1. The molecule has 3 aromatic heterocycles. The fraction of sp³-hybridized carbons (Fsp3) is 0.353. The Bertz CT molecular complexity index is 888. The topological polar surface area (TPSA) is 60.7 Å². The molecule has 3 heterocycles. The number of rotatable bonds is 6. The summed E-state index contributed by atoms with van der Waals surface area (Å²) in [4.78, 5) is 3.63. The summed E-state index contributed by atoms with van der Waals surface area (Å²) < 4.78 is 9.11. The van der Waals surface area contributed by atoms with Gasteiger partial charge in [-0.1, -0.05) is 0 Å². The number of anilines is 1. The summed E-state index contributed by atoms with van der Waals surface area (Å²) in [5, 5.41) is 12.0. The molecule has 24 heavy (non-hydrogen) atoms. The van der Waals surface area contributed by atoms with Crippen molar-refractivity contribution in [1.82, 2.24) is 19.4 Å². The number of nitrogens with one attached hydrogen (secondary N) is 1. The SMILES string of the molecule is [C-]#[N+]c1cnn2cc(NCC)cc2c1-c1cnn(C(C)OCC)c1. The molecule has 0 aromatic carbocycles. The first kappa shape index (κ1) is 16.0. The fourth-order valence-electron chi connectivity index (χ4n) is 2.71. The zero-order chi connectivity index (χ0) is 17.1. The average Bonchev–Trinajstić information content (AvgIpc) is 3.21. The zero-order valence-electron chi connectivity index (χ0n) is 14.0. The monoisotopic (exact) mass is 324 g/mol. The van der Waals surface area contributed by atoms with Gasteiger partial charge in [0.2, 0.25) is 5.69 Å². The van der Waals surface area contributed by atoms with Gasteiger partial charge in [-0.2, -0.15) is 10.2 Å². The molecule has 7 heteroatoms. The molecule has 0 fully saturated rings. The molecule has 0 radical (unpaired) electrons. The molecular formula is C17H20N6O. The number of nitrogens with zero attached hydrogens (tertiary/aromatic N) is 5. The van der Waals surface area contributed by atoms with Gasteiger partial charge in [-0.25, -0.2) is 14.0 Å². The van der Waals surface area contributed by atoms with Crippen LogP contribution in [0.25, 0.3) is 21.5 Å². The first-order valence-corrected chi connectivity index (χ1v) is 7.96. The zero-order valence-corrected chi connectivity index (χ0v) is 14.0. The predicted molar refractivity (Wildman–Crippen MR) is 93.2 cm³/mol. The van der Waals surface area contributed by atoms with Gasteiger partial charge in [0.05, 0.1) is 36.4 Å². The first-order valence-electron chi connectivity index (χ1n) is 7.96. The molecule has 0 aliphatic carbocycles. The molecule has 0 amide bonds. The lowest BCUT2D eigenvalue weighted by Gasteiger charge is -2.11. The van der Waals surface area contributed by atoms with E-state index in [9.17, 15) is 0 Å². The number of hydrogen-bond acceptors (Lipinski definition) is 4. The maximum Gasteiger partial charge on any atom is 0.216 e. The van der Waals surface area contributed by atoms with Crippen molar-refractivity contribution in [3.8, 4) is 11.1 Å². The van der Waals surface area contributed by atoms with Crippen LogP contribution in [0.3, 0.4) is 0 Å². The van der Waals surface area contributed by atoms with E-state index in [0.717, 1.165) is 28.9 Å². The molecule has 0 saturated heterocycles. The summed E-state index contributed by atoms with van der Waals surface area (Å²) in [5.41, 5.74) is 4.07. The molecule has 3 aromatic rings. The minimum absolute atomic E-state index is 0.151. The van der Waals surface area contributed by atoms with Gasteiger partial charge in [0.1, 0.15) is 6.23 Å². The summed E-state index contributed by atoms with van der Waals surface area (Å²) in [7, 11) is 0. The minimum Gasteiger partial charge on any atom is -0.384 e. The van der Waals surface area contributed by atoms with Crippen molar-refractivity contribution >= 4 is 16.9 Å². The van der Waals surface area contributed by atoms with Crippen LogP contribution in [0.15, 0.2) is 30.9 Å². The summed E-state index contributed by atoms with van der Waals surface area (Å²) in [6.07, 6.45) is 7.03. The van der Waals surface area contributed by atoms with Crippen molar-refractivity contribution in [3.05, 3.63) is 42.3 Å². The van der Waals surface area contributed by atoms with Crippen LogP contribution in [0.5, 0.6) is 0 Å². The molecule has 1 N–H and O–H groups in total. The van der Waals surface area contributed by atoms with E-state index in [1.54, 1.807) is 21.6 Å². The molecule has 3 rings (SSSR count). The normalized spacial score (nSPS) is 12.2. The quantitative estimate of drug-likeness (QED) is 0.702. The Hall–Kier alpha value is -2.85. The smallest absolute Gasteiger partial charge is 0.216 e. The van der Waals surface area contributed by atoms with Gasteiger partial charge >= 0.3 is 0 Å². The van der Waals surface area contributed by atoms with Crippen molar-refractivity contribution in [2.45, 2.75) is 27.0 Å². The highest BCUT2D eigenvalue weighted by atomic mass is 16.5. The van der Waals surface area contributed by atoms with Crippen LogP contribution >= 0.6 is 0 Å². The summed E-state index contributed by atoms with van der Waals surface area (Å²) in [5.74, 6) is 0. The van der Waals surface area contributed by atoms with Crippen LogP contribution in [0.4, 0.5) is 11.4 Å². The van der Waals surface area contributed by atoms with E-state index >= 15 is 0 Å². The van der Waals surface area contributed by atoms with E-state index in [0.29, 0.717) is 12.3 Å². The van der Waals surface area contributed by atoms with Crippen molar-refractivity contribution in [3.63, 3.8) is 0 Å². The maximum atomic E-state index is 7.46. The average molecular weight is 324 g/mol. The number of hydrogen-bond donors (Lipinski definition) is 1. The van der Waals surface area contributed by atoms with Crippen molar-refractivity contribution < 1.29 is 4.74 Å². The third-order valence-corrected chi connectivity index (χ3v) is 3.79. The molecule has 1 atom stereocenters. The van der Waals surface area contributed by atoms with Crippen LogP contribution < -0.4 is 5.32 Å². The second kappa shape index (κ2) is 6.72. The molecule has 0 spiro atoms. The molecular weight excluding hydrogens is 304 g/mol. The second-order valence-corrected chi connectivity index (χ2v) is 5.37. The van der Waals surface area contributed by atoms with E-state index in [4.69, 9.17) is 11.3 Å². The Morgan fingerprint density at radius 2 is 2.12 bits per heavy atom. The van der Waals surface area contributed by atoms with E-state index in [-0.39, 0.29) is 6.23 Å². The Labute approximate surface area is 140 Å². The lowest BCUT2D eigenvalue weighted by Crippen LogP contribution is -2.09. The molecule has 0 aliphatic rings. The van der Waals surface area contributed by atoms with E-state index in [1.165, 1.54) is 0 Å². The molecule has 124 valence electrons. The third-order valence-electron chi connectivity index (χ3n) is 3.79. The van der Waals surface area contributed by atoms with Gasteiger partial charge in [0.25, 0.3) is 0 Å². The van der Waals surface area contributed by atoms with E-state index in [2.05, 4.69) is 20.4 Å². The number of fused-ring (bicyclic) bond motifs is 1. The number of aromatic nitrogens is 4. The van der Waals surface area contributed by atoms with Crippen LogP contribution in [0.2, 0.25) is 0 Å². The second-order valence-electron chi connectivity index (χ2n) is 5.37. The van der Waals surface area contributed by atoms with Gasteiger partial charge in [-0.05, 0) is 26.8 Å². The Morgan fingerprint density at radius 3 is 2.83 bits per heavy atom. The highest BCUT2D eigenvalue weighted by molar-refractivity contribution is 5.91. The summed E-state index contributed by atoms with van der Waals surface area (Å²) in [6, 6.07) is 2.00. The Morgan fingerprint density at radius 1 is 1.29 bits per heavy atom. The van der Waals surface area contributed by atoms with E-state index < -0.39 is 0 Å². The third kappa shape index (κ3) is 2.84. The predicted octanol–water partition coefficient (Wildman–Crippen LogP) is 3.74. The van der Waals surface area contributed by atoms with Crippen molar-refractivity contribution in [1.29, 1.82) is 0 Å². The van der Waals surface area contributed by atoms with Gasteiger partial charge in [0.15, 0.2) is 0 Å². The molecule has 7 nitrogen and oxygen atoms in total. The molecule has 0 saturated carbocycles. The van der Waals surface area contributed by atoms with E-state index in [1.807, 2.05) is 39.2 Å². The standard InChI is InChI=1S/C17H20N6O/c1-5-19-14-7-16-17(15(18-4)9-21-23(16)11-14)13-8-20-22(10-13)12(3)24-6-2/h7-12,19H,5-6H2,1-3H3. The Balaban J connectivity index is 2.12. The molecule has 0 aliphatic heterocycles. The minimum atomic E-state index is -0.151. The highest BCUT2D eigenvalue weighted by Crippen LogP contribution is 2.35. The maximum absolute atomic E-state index is 7.46. The van der Waals surface area contributed by atoms with Crippen molar-refractivity contribution in [2.24, 2.45) is 0 Å². The lowest BCUT2D eigenvalue weighted by atomic mass is 10.1. The fourth-order valence-corrected chi connectivity index (χ4v) is 2.71. The van der Waals surface area contributed by atoms with Crippen LogP contribution in [0, 0.1) is 6.57 Å². The van der Waals surface area contributed by atoms with Gasteiger partial charge < -0.3 is 10.1 Å². The van der Waals surface area contributed by atoms with Crippen LogP contribution in [0.1, 0.15) is 27.0 Å². The highest BCUT2D eigenvalue weighted by Gasteiger charge is 2.16. The van der Waals surface area contributed by atoms with Gasteiger partial charge in [-0.3, -0.25) is 0 Å². The van der Waals surface area contributed by atoms with Crippen molar-refractivity contribution in [2.75, 3.05) is 18.5 Å². The Kier molecular flexibility index (Phi) is 4.49. The largest absolute Gasteiger partial charge is 0.384 e. The molecule has 0 bridgehead atoms. The lowest BCUT2D eigenvalue weighted by molar-refractivity contribution is 0.0160. The summed E-state index contributed by atoms with van der Waals surface area (Å²) >= 11 is 0. The first-order chi connectivity index (χ1) is 11.7. The molecule has 1 unspecified atom stereocenters. The van der Waals surface area contributed by atoms with Gasteiger partial charge in [0, 0.05) is 30.5 Å². The van der Waals surface area contributed by atoms with Crippen LogP contribution in [-0.2, 0) is 4.74 Å². The van der Waals surface area contributed by atoms with Crippen LogP contribution in [-0.4, -0.2) is 32.5 Å². The summed E-state index contributed by atoms with van der Waals surface area (Å²) in [6.45, 7) is 14.8. The van der Waals surface area contributed by atoms with Gasteiger partial charge in [-0.15, -0.1) is 0 Å².